The minimum Gasteiger partial charge on any atom is -0.464 e. The van der Waals surface area contributed by atoms with Crippen LogP contribution >= 0.6 is 0 Å². The van der Waals surface area contributed by atoms with Crippen LogP contribution < -0.4 is 5.73 Å². The zero-order valence-electron chi connectivity index (χ0n) is 36.2. The van der Waals surface area contributed by atoms with Gasteiger partial charge in [-0.3, -0.25) is 4.79 Å². The Hall–Kier alpha value is -4.46. The number of halogens is 5. The molecule has 13 heteroatoms. The molecule has 7 N–H and O–H groups in total. The van der Waals surface area contributed by atoms with Gasteiger partial charge in [0.15, 0.2) is 23.3 Å². The molecule has 0 aliphatic heterocycles. The molecule has 0 aliphatic carbocycles. The van der Waals surface area contributed by atoms with Crippen LogP contribution in [-0.2, 0) is 19.1 Å². The topological polar surface area (TPSA) is 165 Å². The summed E-state index contributed by atoms with van der Waals surface area (Å²) < 4.78 is 74.3. The lowest BCUT2D eigenvalue weighted by Crippen LogP contribution is -2.27. The van der Waals surface area contributed by atoms with Crippen LogP contribution in [0.5, 0.6) is 0 Å². The lowest BCUT2D eigenvalue weighted by atomic mass is 9.91. The summed E-state index contributed by atoms with van der Waals surface area (Å²) in [6.45, 7) is 21.5. The Morgan fingerprint density at radius 2 is 1.17 bits per heavy atom. The molecule has 0 aromatic heterocycles. The van der Waals surface area contributed by atoms with E-state index in [-0.39, 0.29) is 41.8 Å². The lowest BCUT2D eigenvalue weighted by molar-refractivity contribution is -0.153. The third kappa shape index (κ3) is 26.3. The molecule has 3 aromatic carbocycles. The van der Waals surface area contributed by atoms with E-state index >= 15 is 0 Å². The van der Waals surface area contributed by atoms with Gasteiger partial charge in [-0.2, -0.15) is 0 Å². The zero-order chi connectivity index (χ0) is 43.4. The maximum absolute atomic E-state index is 13.1. The first-order valence-corrected chi connectivity index (χ1v) is 19.2. The van der Waals surface area contributed by atoms with Crippen molar-refractivity contribution in [2.75, 3.05) is 13.2 Å². The molecule has 8 nitrogen and oxygen atoms in total. The number of nitrogens with one attached hydrogen (secondary N) is 1. The molecule has 0 aliphatic rings. The highest BCUT2D eigenvalue weighted by atomic mass is 19.2. The molecule has 338 valence electrons. The molecule has 3 rings (SSSR count). The van der Waals surface area contributed by atoms with E-state index in [4.69, 9.17) is 20.6 Å². The molecule has 3 aromatic rings. The standard InChI is InChI=1S/C13H16O2.C10H9F5.C10H14.C8H17NO2.C4H9N.CH4.2H2O/c1-3-11(2)15-13(14)10-9-12-7-5-4-6-8-12;1-3-4(2)5-6(11)8(13)10(15)9(14)7(5)12;1-3-9(2)10-7-5-4-6-8-10;1-4-8(2,3)7(10)11-6-5-9;1-3-4(2)5;;;/h4-11H,3H2,1-2H3;4H,3H2,1-2H3;4-9H,3H2,1-2H3;4-6,9H2,1-3H3;5H,3H2,1-2H3;1H4;2*1H2/b10-9+;;;;;;;. The van der Waals surface area contributed by atoms with Crippen molar-refractivity contribution in [3.8, 4) is 0 Å². The smallest absolute Gasteiger partial charge is 0.331 e. The summed E-state index contributed by atoms with van der Waals surface area (Å²) in [6, 6.07) is 20.3. The molecule has 0 saturated carbocycles. The van der Waals surface area contributed by atoms with Crippen LogP contribution in [0.25, 0.3) is 6.08 Å². The Balaban J connectivity index is -0.000000210. The molecule has 0 fully saturated rings. The van der Waals surface area contributed by atoms with Crippen LogP contribution in [-0.4, -0.2) is 47.9 Å². The van der Waals surface area contributed by atoms with Gasteiger partial charge in [-0.05, 0) is 88.8 Å². The number of carbonyl (C=O) groups is 2. The van der Waals surface area contributed by atoms with E-state index in [0.717, 1.165) is 30.5 Å². The summed E-state index contributed by atoms with van der Waals surface area (Å²) in [4.78, 5) is 22.5. The average Bonchev–Trinajstić information content (AvgIpc) is 3.21. The minimum atomic E-state index is -2.11. The van der Waals surface area contributed by atoms with Crippen molar-refractivity contribution in [2.45, 2.75) is 134 Å². The maximum Gasteiger partial charge on any atom is 0.331 e. The molecular formula is C46H73F5N2O6. The van der Waals surface area contributed by atoms with Crippen LogP contribution in [0.4, 0.5) is 22.0 Å². The number of hydrogen-bond acceptors (Lipinski definition) is 6. The van der Waals surface area contributed by atoms with Crippen LogP contribution in [0.2, 0.25) is 0 Å². The summed E-state index contributed by atoms with van der Waals surface area (Å²) in [5.41, 5.74) is 7.28. The molecular weight excluding hydrogens is 772 g/mol. The Labute approximate surface area is 350 Å². The molecule has 59 heavy (non-hydrogen) atoms. The van der Waals surface area contributed by atoms with Gasteiger partial charge in [0.25, 0.3) is 0 Å². The van der Waals surface area contributed by atoms with Gasteiger partial charge in [0, 0.05) is 23.9 Å². The number of benzene rings is 3. The van der Waals surface area contributed by atoms with Crippen molar-refractivity contribution in [3.05, 3.63) is 113 Å². The van der Waals surface area contributed by atoms with E-state index in [0.29, 0.717) is 25.5 Å². The fourth-order valence-electron chi connectivity index (χ4n) is 3.82. The number of esters is 2. The van der Waals surface area contributed by atoms with Crippen molar-refractivity contribution >= 4 is 23.7 Å². The van der Waals surface area contributed by atoms with Gasteiger partial charge in [0.05, 0.1) is 11.5 Å². The minimum absolute atomic E-state index is 0. The van der Waals surface area contributed by atoms with E-state index in [1.54, 1.807) is 19.9 Å². The SMILES string of the molecule is C.CCC(C)(C)C(=O)OCCN.CCC(C)=N.CCC(C)OC(=O)/C=C/c1ccccc1.CCC(C)c1c(F)c(F)c(F)c(F)c1F.CCC(C)c1ccccc1.O.O. The highest BCUT2D eigenvalue weighted by Crippen LogP contribution is 2.30. The van der Waals surface area contributed by atoms with Gasteiger partial charge in [-0.1, -0.05) is 117 Å². The van der Waals surface area contributed by atoms with Crippen LogP contribution in [0.1, 0.15) is 144 Å². The highest BCUT2D eigenvalue weighted by molar-refractivity contribution is 5.87. The first-order valence-electron chi connectivity index (χ1n) is 19.2. The van der Waals surface area contributed by atoms with Crippen molar-refractivity contribution in [2.24, 2.45) is 11.1 Å². The molecule has 0 spiro atoms. The monoisotopic (exact) mass is 845 g/mol. The summed E-state index contributed by atoms with van der Waals surface area (Å²) >= 11 is 0. The van der Waals surface area contributed by atoms with Gasteiger partial charge in [-0.15, -0.1) is 0 Å². The lowest BCUT2D eigenvalue weighted by Gasteiger charge is -2.19. The molecule has 3 unspecified atom stereocenters. The molecule has 0 bridgehead atoms. The second kappa shape index (κ2) is 35.5. The van der Waals surface area contributed by atoms with Crippen LogP contribution in [0.3, 0.4) is 0 Å². The van der Waals surface area contributed by atoms with Crippen molar-refractivity contribution < 1.29 is 52.0 Å². The van der Waals surface area contributed by atoms with Crippen LogP contribution in [0.15, 0.2) is 66.7 Å². The number of hydrogen-bond donors (Lipinski definition) is 2. The third-order valence-electron chi connectivity index (χ3n) is 8.75. The molecule has 0 saturated heterocycles. The predicted octanol–water partition coefficient (Wildman–Crippen LogP) is 11.5. The molecule has 0 heterocycles. The van der Waals surface area contributed by atoms with Crippen molar-refractivity contribution in [3.63, 3.8) is 0 Å². The molecule has 0 radical (unpaired) electrons. The van der Waals surface area contributed by atoms with E-state index < -0.39 is 40.6 Å². The first kappa shape index (κ1) is 63.7. The van der Waals surface area contributed by atoms with Crippen molar-refractivity contribution in [1.29, 1.82) is 5.41 Å². The quantitative estimate of drug-likeness (QED) is 0.0436. The normalized spacial score (nSPS) is 11.5. The van der Waals surface area contributed by atoms with Gasteiger partial charge >= 0.3 is 11.9 Å². The van der Waals surface area contributed by atoms with Gasteiger partial charge in [0.1, 0.15) is 6.61 Å². The second-order valence-electron chi connectivity index (χ2n) is 13.7. The largest absolute Gasteiger partial charge is 0.464 e. The third-order valence-corrected chi connectivity index (χ3v) is 8.75. The molecule has 0 amide bonds. The zero-order valence-corrected chi connectivity index (χ0v) is 36.2. The van der Waals surface area contributed by atoms with Crippen LogP contribution in [0, 0.1) is 39.9 Å². The number of carbonyl (C=O) groups excluding carboxylic acids is 2. The van der Waals surface area contributed by atoms with Gasteiger partial charge in [0.2, 0.25) is 5.82 Å². The summed E-state index contributed by atoms with van der Waals surface area (Å²) in [7, 11) is 0. The summed E-state index contributed by atoms with van der Waals surface area (Å²) in [5.74, 6) is -9.80. The average molecular weight is 845 g/mol. The Morgan fingerprint density at radius 3 is 1.54 bits per heavy atom. The Bertz CT molecular complexity index is 1560. The number of nitrogens with two attached hydrogens (primary N) is 1. The van der Waals surface area contributed by atoms with Gasteiger partial charge in [-0.25, -0.2) is 26.7 Å². The number of ether oxygens (including phenoxy) is 2. The van der Waals surface area contributed by atoms with E-state index in [1.165, 1.54) is 25.0 Å². The second-order valence-corrected chi connectivity index (χ2v) is 13.7. The highest BCUT2D eigenvalue weighted by Gasteiger charge is 2.28. The van der Waals surface area contributed by atoms with Crippen molar-refractivity contribution in [1.82, 2.24) is 0 Å². The summed E-state index contributed by atoms with van der Waals surface area (Å²) in [6.07, 6.45) is 7.23. The van der Waals surface area contributed by atoms with E-state index in [2.05, 4.69) is 44.2 Å². The van der Waals surface area contributed by atoms with E-state index in [9.17, 15) is 31.5 Å². The van der Waals surface area contributed by atoms with E-state index in [1.807, 2.05) is 71.9 Å². The first-order chi connectivity index (χ1) is 26.3. The fourth-order valence-corrected chi connectivity index (χ4v) is 3.82. The van der Waals surface area contributed by atoms with Gasteiger partial charge < -0.3 is 31.6 Å². The maximum atomic E-state index is 13.1. The summed E-state index contributed by atoms with van der Waals surface area (Å²) in [5, 5.41) is 6.74. The Kier molecular flexibility index (Phi) is 38.3. The number of rotatable bonds is 13. The predicted molar refractivity (Wildman–Crippen MR) is 233 cm³/mol. The fraction of sp³-hybridized carbons (Fsp3) is 0.500. The Morgan fingerprint density at radius 1 is 0.746 bits per heavy atom. The molecule has 3 atom stereocenters.